The third-order valence-electron chi connectivity index (χ3n) is 3.00. The molecule has 7 nitrogen and oxygen atoms in total. The van der Waals surface area contributed by atoms with Gasteiger partial charge in [0.1, 0.15) is 5.25 Å². The van der Waals surface area contributed by atoms with Gasteiger partial charge in [0, 0.05) is 19.2 Å². The largest absolute Gasteiger partial charge is 0.396 e. The zero-order valence-electron chi connectivity index (χ0n) is 9.83. The Hall–Kier alpha value is -1.67. The van der Waals surface area contributed by atoms with Crippen LogP contribution in [-0.4, -0.2) is 31.1 Å². The molecule has 1 fully saturated rings. The Bertz CT molecular complexity index is 599. The molecule has 1 unspecified atom stereocenters. The van der Waals surface area contributed by atoms with Crippen LogP contribution in [0.2, 0.25) is 0 Å². The quantitative estimate of drug-likeness (QED) is 0.741. The summed E-state index contributed by atoms with van der Waals surface area (Å²) in [5, 5.41) is 4.16. The van der Waals surface area contributed by atoms with E-state index in [1.165, 1.54) is 11.1 Å². The van der Waals surface area contributed by atoms with Crippen molar-refractivity contribution < 1.29 is 13.2 Å². The third-order valence-corrected chi connectivity index (χ3v) is 4.24. The Labute approximate surface area is 105 Å². The van der Waals surface area contributed by atoms with Gasteiger partial charge in [-0.05, 0) is 18.6 Å². The third kappa shape index (κ3) is 2.16. The monoisotopic (exact) mass is 270 g/mol. The highest BCUT2D eigenvalue weighted by Crippen LogP contribution is 2.28. The van der Waals surface area contributed by atoms with Crippen LogP contribution in [-0.2, 0) is 14.8 Å². The molecule has 1 aromatic rings. The van der Waals surface area contributed by atoms with Crippen molar-refractivity contribution in [3.8, 4) is 0 Å². The van der Waals surface area contributed by atoms with E-state index in [2.05, 4.69) is 4.98 Å². The predicted molar refractivity (Wildman–Crippen MR) is 67.3 cm³/mol. The van der Waals surface area contributed by atoms with E-state index in [0.717, 1.165) is 5.56 Å². The summed E-state index contributed by atoms with van der Waals surface area (Å²) in [5.41, 5.74) is 7.00. The van der Waals surface area contributed by atoms with Gasteiger partial charge in [-0.1, -0.05) is 0 Å². The minimum Gasteiger partial charge on any atom is -0.396 e. The number of anilines is 2. The fraction of sp³-hybridized carbons (Fsp3) is 0.400. The lowest BCUT2D eigenvalue weighted by Crippen LogP contribution is -2.32. The van der Waals surface area contributed by atoms with Gasteiger partial charge in [0.2, 0.25) is 15.9 Å². The van der Waals surface area contributed by atoms with Gasteiger partial charge in [-0.2, -0.15) is 0 Å². The Balaban J connectivity index is 2.36. The van der Waals surface area contributed by atoms with Gasteiger partial charge in [0.25, 0.3) is 0 Å². The molecule has 1 aliphatic heterocycles. The number of nitrogen functional groups attached to an aromatic ring is 1. The van der Waals surface area contributed by atoms with Crippen molar-refractivity contribution in [3.63, 3.8) is 0 Å². The van der Waals surface area contributed by atoms with Crippen molar-refractivity contribution in [2.45, 2.75) is 18.6 Å². The Kier molecular flexibility index (Phi) is 2.99. The van der Waals surface area contributed by atoms with Gasteiger partial charge in [-0.25, -0.2) is 18.5 Å². The van der Waals surface area contributed by atoms with E-state index >= 15 is 0 Å². The van der Waals surface area contributed by atoms with Crippen molar-refractivity contribution in [2.75, 3.05) is 17.2 Å². The van der Waals surface area contributed by atoms with Crippen molar-refractivity contribution in [2.24, 2.45) is 5.14 Å². The lowest BCUT2D eigenvalue weighted by molar-refractivity contribution is -0.117. The fourth-order valence-electron chi connectivity index (χ4n) is 1.87. The molecule has 2 heterocycles. The van der Waals surface area contributed by atoms with E-state index in [-0.39, 0.29) is 18.9 Å². The highest BCUT2D eigenvalue weighted by atomic mass is 32.2. The normalized spacial score (nSPS) is 20.4. The first-order valence-corrected chi connectivity index (χ1v) is 6.94. The summed E-state index contributed by atoms with van der Waals surface area (Å²) in [7, 11) is -3.73. The number of amides is 1. The molecule has 98 valence electrons. The highest BCUT2D eigenvalue weighted by molar-refractivity contribution is 7.89. The molecule has 4 N–H and O–H groups in total. The molecule has 8 heteroatoms. The Morgan fingerprint density at radius 2 is 2.17 bits per heavy atom. The summed E-state index contributed by atoms with van der Waals surface area (Å²) in [4.78, 5) is 17.1. The topological polar surface area (TPSA) is 119 Å². The SMILES string of the molecule is Cc1ccnc(N2CC(S(N)(=O)=O)CC2=O)c1N. The van der Waals surface area contributed by atoms with E-state index in [1.807, 2.05) is 0 Å². The van der Waals surface area contributed by atoms with E-state index in [4.69, 9.17) is 10.9 Å². The summed E-state index contributed by atoms with van der Waals surface area (Å²) in [6, 6.07) is 1.72. The second kappa shape index (κ2) is 4.21. The van der Waals surface area contributed by atoms with E-state index in [0.29, 0.717) is 11.5 Å². The van der Waals surface area contributed by atoms with Crippen molar-refractivity contribution >= 4 is 27.4 Å². The molecule has 0 saturated carbocycles. The smallest absolute Gasteiger partial charge is 0.229 e. The molecular formula is C10H14N4O3S. The van der Waals surface area contributed by atoms with Gasteiger partial charge >= 0.3 is 0 Å². The summed E-state index contributed by atoms with van der Waals surface area (Å²) in [5.74, 6) is -0.0371. The molecule has 1 aromatic heterocycles. The van der Waals surface area contributed by atoms with Crippen molar-refractivity contribution in [1.29, 1.82) is 0 Å². The number of hydrogen-bond donors (Lipinski definition) is 2. The maximum absolute atomic E-state index is 11.8. The molecule has 0 bridgehead atoms. The standard InChI is InChI=1S/C10H14N4O3S/c1-6-2-3-13-10(9(6)11)14-5-7(4-8(14)15)18(12,16)17/h2-3,7H,4-5,11H2,1H3,(H2,12,16,17). The number of primary sulfonamides is 1. The van der Waals surface area contributed by atoms with Crippen LogP contribution in [0.25, 0.3) is 0 Å². The first kappa shape index (κ1) is 12.8. The fourth-order valence-corrected chi connectivity index (χ4v) is 2.60. The molecule has 1 aliphatic rings. The highest BCUT2D eigenvalue weighted by Gasteiger charge is 2.38. The van der Waals surface area contributed by atoms with Gasteiger partial charge in [0.05, 0.1) is 5.69 Å². The van der Waals surface area contributed by atoms with Crippen LogP contribution in [0, 0.1) is 6.92 Å². The predicted octanol–water partition coefficient (Wildman–Crippen LogP) is -0.634. The van der Waals surface area contributed by atoms with Gasteiger partial charge < -0.3 is 5.73 Å². The lowest BCUT2D eigenvalue weighted by Gasteiger charge is -2.17. The first-order valence-electron chi connectivity index (χ1n) is 5.33. The van der Waals surface area contributed by atoms with E-state index in [9.17, 15) is 13.2 Å². The average Bonchev–Trinajstić information content (AvgIpc) is 2.64. The second-order valence-corrected chi connectivity index (χ2v) is 6.13. The molecule has 1 amide bonds. The van der Waals surface area contributed by atoms with Gasteiger partial charge in [-0.3, -0.25) is 9.69 Å². The van der Waals surface area contributed by atoms with Crippen LogP contribution < -0.4 is 15.8 Å². The molecule has 1 saturated heterocycles. The zero-order chi connectivity index (χ0) is 13.5. The van der Waals surface area contributed by atoms with Crippen LogP contribution in [0.4, 0.5) is 11.5 Å². The number of sulfonamides is 1. The summed E-state index contributed by atoms with van der Waals surface area (Å²) < 4.78 is 22.5. The number of carbonyl (C=O) groups is 1. The number of aryl methyl sites for hydroxylation is 1. The maximum atomic E-state index is 11.8. The lowest BCUT2D eigenvalue weighted by atomic mass is 10.2. The van der Waals surface area contributed by atoms with Crippen LogP contribution in [0.5, 0.6) is 0 Å². The molecule has 18 heavy (non-hydrogen) atoms. The minimum atomic E-state index is -3.73. The number of carbonyl (C=O) groups excluding carboxylic acids is 1. The van der Waals surface area contributed by atoms with Crippen LogP contribution >= 0.6 is 0 Å². The van der Waals surface area contributed by atoms with Crippen molar-refractivity contribution in [3.05, 3.63) is 17.8 Å². The maximum Gasteiger partial charge on any atom is 0.229 e. The molecule has 0 aromatic carbocycles. The van der Waals surface area contributed by atoms with Crippen LogP contribution in [0.1, 0.15) is 12.0 Å². The molecule has 1 atom stereocenters. The van der Waals surface area contributed by atoms with E-state index in [1.54, 1.807) is 13.0 Å². The van der Waals surface area contributed by atoms with Crippen LogP contribution in [0.15, 0.2) is 12.3 Å². The molecule has 0 aliphatic carbocycles. The van der Waals surface area contributed by atoms with Crippen LogP contribution in [0.3, 0.4) is 0 Å². The number of nitrogens with zero attached hydrogens (tertiary/aromatic N) is 2. The Morgan fingerprint density at radius 1 is 1.50 bits per heavy atom. The molecule has 2 rings (SSSR count). The minimum absolute atomic E-state index is 0.00167. The first-order chi connectivity index (χ1) is 8.30. The average molecular weight is 270 g/mol. The summed E-state index contributed by atoms with van der Waals surface area (Å²) >= 11 is 0. The van der Waals surface area contributed by atoms with E-state index < -0.39 is 15.3 Å². The summed E-state index contributed by atoms with van der Waals surface area (Å²) in [6.07, 6.45) is 1.40. The molecule has 0 spiro atoms. The van der Waals surface area contributed by atoms with Gasteiger partial charge in [-0.15, -0.1) is 0 Å². The summed E-state index contributed by atoms with van der Waals surface area (Å²) in [6.45, 7) is 1.79. The number of rotatable bonds is 2. The molecular weight excluding hydrogens is 256 g/mol. The zero-order valence-corrected chi connectivity index (χ0v) is 10.6. The number of hydrogen-bond acceptors (Lipinski definition) is 5. The Morgan fingerprint density at radius 3 is 2.72 bits per heavy atom. The van der Waals surface area contributed by atoms with Gasteiger partial charge in [0.15, 0.2) is 5.82 Å². The second-order valence-electron chi connectivity index (χ2n) is 4.28. The number of aromatic nitrogens is 1. The number of pyridine rings is 1. The van der Waals surface area contributed by atoms with Crippen molar-refractivity contribution in [1.82, 2.24) is 4.98 Å². The molecule has 0 radical (unpaired) electrons. The number of nitrogens with two attached hydrogens (primary N) is 2.